The molecule has 0 rings (SSSR count). The van der Waals surface area contributed by atoms with Crippen LogP contribution in [0.5, 0.6) is 0 Å². The van der Waals surface area contributed by atoms with Crippen molar-refractivity contribution < 1.29 is 9.47 Å². The fourth-order valence-electron chi connectivity index (χ4n) is 1.21. The molecule has 0 aromatic heterocycles. The Morgan fingerprint density at radius 1 is 0.938 bits per heavy atom. The van der Waals surface area contributed by atoms with E-state index in [1.165, 1.54) is 24.8 Å². The fraction of sp³-hybridized carbons (Fsp3) is 0.857. The van der Waals surface area contributed by atoms with E-state index in [4.69, 9.17) is 9.47 Å². The van der Waals surface area contributed by atoms with E-state index in [0.29, 0.717) is 0 Å². The number of hydrogen-bond donors (Lipinski definition) is 0. The molecule has 0 radical (unpaired) electrons. The van der Waals surface area contributed by atoms with E-state index in [9.17, 15) is 0 Å². The molecule has 0 saturated heterocycles. The van der Waals surface area contributed by atoms with E-state index >= 15 is 0 Å². The van der Waals surface area contributed by atoms with Crippen molar-refractivity contribution in [2.45, 2.75) is 52.9 Å². The van der Waals surface area contributed by atoms with Crippen LogP contribution in [0.25, 0.3) is 0 Å². The molecule has 0 fully saturated rings. The van der Waals surface area contributed by atoms with Crippen LogP contribution in [-0.2, 0) is 9.47 Å². The largest absolute Gasteiger partial charge is 0.381 e. The van der Waals surface area contributed by atoms with Crippen LogP contribution in [-0.4, -0.2) is 26.4 Å². The van der Waals surface area contributed by atoms with Crippen LogP contribution in [0.2, 0.25) is 0 Å². The van der Waals surface area contributed by atoms with E-state index in [2.05, 4.69) is 26.8 Å². The third-order valence-corrected chi connectivity index (χ3v) is 2.47. The highest BCUT2D eigenvalue weighted by Gasteiger charge is 1.92. The van der Waals surface area contributed by atoms with Gasteiger partial charge in [0.1, 0.15) is 0 Å². The summed E-state index contributed by atoms with van der Waals surface area (Å²) in [5.74, 6) is 0. The monoisotopic (exact) mass is 228 g/mol. The zero-order chi connectivity index (χ0) is 12.1. The van der Waals surface area contributed by atoms with E-state index < -0.39 is 0 Å². The Bertz CT molecular complexity index is 164. The third kappa shape index (κ3) is 11.7. The highest BCUT2D eigenvalue weighted by atomic mass is 16.5. The maximum Gasteiger partial charge on any atom is 0.0649 e. The van der Waals surface area contributed by atoms with Crippen molar-refractivity contribution in [1.82, 2.24) is 0 Å². The SMILES string of the molecule is CCCCOC/C=C(/C)CCOCCCC. The molecule has 0 heterocycles. The summed E-state index contributed by atoms with van der Waals surface area (Å²) < 4.78 is 11.0. The fourth-order valence-corrected chi connectivity index (χ4v) is 1.21. The van der Waals surface area contributed by atoms with Gasteiger partial charge in [-0.1, -0.05) is 38.3 Å². The Morgan fingerprint density at radius 3 is 2.19 bits per heavy atom. The predicted molar refractivity (Wildman–Crippen MR) is 69.8 cm³/mol. The molecule has 0 aromatic rings. The van der Waals surface area contributed by atoms with Gasteiger partial charge in [-0.3, -0.25) is 0 Å². The predicted octanol–water partition coefficient (Wildman–Crippen LogP) is 3.96. The quantitative estimate of drug-likeness (QED) is 0.394. The van der Waals surface area contributed by atoms with Gasteiger partial charge in [0.25, 0.3) is 0 Å². The molecule has 16 heavy (non-hydrogen) atoms. The zero-order valence-corrected chi connectivity index (χ0v) is 11.3. The van der Waals surface area contributed by atoms with E-state index in [0.717, 1.165) is 39.3 Å². The summed E-state index contributed by atoms with van der Waals surface area (Å²) in [7, 11) is 0. The molecular formula is C14H28O2. The molecule has 0 amide bonds. The molecule has 0 unspecified atom stereocenters. The normalized spacial score (nSPS) is 12.1. The number of rotatable bonds is 11. The van der Waals surface area contributed by atoms with Crippen molar-refractivity contribution >= 4 is 0 Å². The first-order valence-electron chi connectivity index (χ1n) is 6.62. The lowest BCUT2D eigenvalue weighted by Crippen LogP contribution is -1.98. The number of ether oxygens (including phenoxy) is 2. The van der Waals surface area contributed by atoms with Crippen LogP contribution in [0.3, 0.4) is 0 Å². The van der Waals surface area contributed by atoms with Crippen molar-refractivity contribution in [1.29, 1.82) is 0 Å². The van der Waals surface area contributed by atoms with Gasteiger partial charge >= 0.3 is 0 Å². The van der Waals surface area contributed by atoms with Gasteiger partial charge in [-0.05, 0) is 26.2 Å². The van der Waals surface area contributed by atoms with E-state index in [1.54, 1.807) is 0 Å². The van der Waals surface area contributed by atoms with Crippen LogP contribution >= 0.6 is 0 Å². The van der Waals surface area contributed by atoms with Gasteiger partial charge in [-0.2, -0.15) is 0 Å². The van der Waals surface area contributed by atoms with Crippen LogP contribution in [0.4, 0.5) is 0 Å². The molecule has 0 aliphatic rings. The number of unbranched alkanes of at least 4 members (excludes halogenated alkanes) is 2. The standard InChI is InChI=1S/C14H28O2/c1-4-6-10-15-12-8-14(3)9-13-16-11-7-5-2/h8H,4-7,9-13H2,1-3H3/b14-8-. The molecule has 2 heteroatoms. The first kappa shape index (κ1) is 15.7. The smallest absolute Gasteiger partial charge is 0.0649 e. The summed E-state index contributed by atoms with van der Waals surface area (Å²) in [6, 6.07) is 0. The Labute approximate surface area is 101 Å². The molecule has 0 bridgehead atoms. The minimum absolute atomic E-state index is 0.751. The van der Waals surface area contributed by atoms with Gasteiger partial charge in [0.2, 0.25) is 0 Å². The van der Waals surface area contributed by atoms with Crippen LogP contribution < -0.4 is 0 Å². The molecule has 0 saturated carbocycles. The highest BCUT2D eigenvalue weighted by Crippen LogP contribution is 2.01. The molecule has 0 aliphatic heterocycles. The molecule has 0 N–H and O–H groups in total. The van der Waals surface area contributed by atoms with Crippen LogP contribution in [0, 0.1) is 0 Å². The van der Waals surface area contributed by atoms with Gasteiger partial charge < -0.3 is 9.47 Å². The molecular weight excluding hydrogens is 200 g/mol. The minimum atomic E-state index is 0.751. The lowest BCUT2D eigenvalue weighted by Gasteiger charge is -2.04. The third-order valence-electron chi connectivity index (χ3n) is 2.47. The summed E-state index contributed by atoms with van der Waals surface area (Å²) in [5.41, 5.74) is 1.37. The van der Waals surface area contributed by atoms with Crippen molar-refractivity contribution in [3.63, 3.8) is 0 Å². The van der Waals surface area contributed by atoms with Crippen molar-refractivity contribution in [2.75, 3.05) is 26.4 Å². The van der Waals surface area contributed by atoms with Gasteiger partial charge in [0, 0.05) is 13.2 Å². The molecule has 0 aromatic carbocycles. The van der Waals surface area contributed by atoms with Crippen molar-refractivity contribution in [3.05, 3.63) is 11.6 Å². The van der Waals surface area contributed by atoms with Crippen LogP contribution in [0.1, 0.15) is 52.9 Å². The van der Waals surface area contributed by atoms with Gasteiger partial charge in [-0.15, -0.1) is 0 Å². The Hall–Kier alpha value is -0.340. The molecule has 0 spiro atoms. The molecule has 96 valence electrons. The topological polar surface area (TPSA) is 18.5 Å². The average Bonchev–Trinajstić information content (AvgIpc) is 2.28. The first-order valence-corrected chi connectivity index (χ1v) is 6.62. The second-order valence-electron chi connectivity index (χ2n) is 4.19. The van der Waals surface area contributed by atoms with Gasteiger partial charge in [0.05, 0.1) is 13.2 Å². The summed E-state index contributed by atoms with van der Waals surface area (Å²) >= 11 is 0. The van der Waals surface area contributed by atoms with Crippen molar-refractivity contribution in [3.8, 4) is 0 Å². The van der Waals surface area contributed by atoms with E-state index in [1.807, 2.05) is 0 Å². The summed E-state index contributed by atoms with van der Waals surface area (Å²) in [4.78, 5) is 0. The summed E-state index contributed by atoms with van der Waals surface area (Å²) in [6.07, 6.45) is 7.93. The van der Waals surface area contributed by atoms with Gasteiger partial charge in [-0.25, -0.2) is 0 Å². The van der Waals surface area contributed by atoms with E-state index in [-0.39, 0.29) is 0 Å². The highest BCUT2D eigenvalue weighted by molar-refractivity contribution is 4.97. The number of hydrogen-bond acceptors (Lipinski definition) is 2. The summed E-state index contributed by atoms with van der Waals surface area (Å²) in [5, 5.41) is 0. The maximum atomic E-state index is 5.51. The van der Waals surface area contributed by atoms with Crippen LogP contribution in [0.15, 0.2) is 11.6 Å². The van der Waals surface area contributed by atoms with Crippen molar-refractivity contribution in [2.24, 2.45) is 0 Å². The molecule has 2 nitrogen and oxygen atoms in total. The average molecular weight is 228 g/mol. The lowest BCUT2D eigenvalue weighted by molar-refractivity contribution is 0.133. The molecule has 0 aliphatic carbocycles. The van der Waals surface area contributed by atoms with Gasteiger partial charge in [0.15, 0.2) is 0 Å². The first-order chi connectivity index (χ1) is 7.81. The second-order valence-corrected chi connectivity index (χ2v) is 4.19. The zero-order valence-electron chi connectivity index (χ0n) is 11.3. The maximum absolute atomic E-state index is 5.51. The Morgan fingerprint density at radius 2 is 1.56 bits per heavy atom. The molecule has 0 atom stereocenters. The minimum Gasteiger partial charge on any atom is -0.381 e. The Balaban J connectivity index is 3.27. The summed E-state index contributed by atoms with van der Waals surface area (Å²) in [6.45, 7) is 9.88. The lowest BCUT2D eigenvalue weighted by atomic mass is 10.2. The Kier molecular flexibility index (Phi) is 12.5. The second kappa shape index (κ2) is 12.7.